The van der Waals surface area contributed by atoms with Crippen LogP contribution in [0.4, 0.5) is 5.95 Å². The lowest BCUT2D eigenvalue weighted by molar-refractivity contribution is 0.756. The van der Waals surface area contributed by atoms with Crippen LogP contribution in [0.3, 0.4) is 0 Å². The summed E-state index contributed by atoms with van der Waals surface area (Å²) in [6.45, 7) is 4.23. The molecule has 0 saturated heterocycles. The van der Waals surface area contributed by atoms with Crippen molar-refractivity contribution in [3.63, 3.8) is 0 Å². The number of thiophene rings is 1. The maximum atomic E-state index is 4.68. The third kappa shape index (κ3) is 3.39. The quantitative estimate of drug-likeness (QED) is 0.752. The van der Waals surface area contributed by atoms with E-state index in [0.29, 0.717) is 17.6 Å². The van der Waals surface area contributed by atoms with Gasteiger partial charge in [0.25, 0.3) is 0 Å². The fraction of sp³-hybridized carbons (Fsp3) is 0.211. The van der Waals surface area contributed by atoms with E-state index < -0.39 is 0 Å². The maximum absolute atomic E-state index is 4.68. The third-order valence-electron chi connectivity index (χ3n) is 4.13. The Morgan fingerprint density at radius 2 is 1.88 bits per heavy atom. The van der Waals surface area contributed by atoms with Crippen LogP contribution in [-0.2, 0) is 0 Å². The normalized spacial score (nSPS) is 16.3. The van der Waals surface area contributed by atoms with Crippen LogP contribution in [-0.4, -0.2) is 31.8 Å². The Kier molecular flexibility index (Phi) is 4.53. The van der Waals surface area contributed by atoms with Gasteiger partial charge in [0.15, 0.2) is 11.6 Å². The van der Waals surface area contributed by atoms with Crippen LogP contribution >= 0.6 is 11.3 Å². The van der Waals surface area contributed by atoms with Gasteiger partial charge in [-0.05, 0) is 48.6 Å². The molecule has 1 aliphatic rings. The zero-order valence-electron chi connectivity index (χ0n) is 14.5. The molecule has 3 aromatic heterocycles. The number of nitrogens with zero attached hydrogens (tertiary/aromatic N) is 5. The summed E-state index contributed by atoms with van der Waals surface area (Å²) in [6, 6.07) is 8.01. The number of hydrogen-bond acceptors (Lipinski definition) is 7. The molecule has 0 spiro atoms. The molecule has 0 fully saturated rings. The van der Waals surface area contributed by atoms with E-state index in [-0.39, 0.29) is 6.04 Å². The van der Waals surface area contributed by atoms with E-state index in [1.807, 2.05) is 29.6 Å². The first-order chi connectivity index (χ1) is 12.7. The predicted molar refractivity (Wildman–Crippen MR) is 105 cm³/mol. The molecule has 1 atom stereocenters. The fourth-order valence-corrected chi connectivity index (χ4v) is 3.45. The van der Waals surface area contributed by atoms with E-state index in [9.17, 15) is 0 Å². The Balaban J connectivity index is 1.74. The molecule has 1 N–H and O–H groups in total. The van der Waals surface area contributed by atoms with Crippen LogP contribution in [0.2, 0.25) is 0 Å². The Bertz CT molecular complexity index is 963. The molecule has 0 saturated carbocycles. The van der Waals surface area contributed by atoms with Gasteiger partial charge in [0.1, 0.15) is 5.84 Å². The molecule has 0 amide bonds. The van der Waals surface area contributed by atoms with Gasteiger partial charge in [-0.3, -0.25) is 9.98 Å². The van der Waals surface area contributed by atoms with Crippen LogP contribution in [0, 0.1) is 0 Å². The number of rotatable bonds is 4. The van der Waals surface area contributed by atoms with Crippen molar-refractivity contribution >= 4 is 23.1 Å². The van der Waals surface area contributed by atoms with Gasteiger partial charge in [-0.25, -0.2) is 4.98 Å². The number of amidine groups is 1. The van der Waals surface area contributed by atoms with Gasteiger partial charge in [-0.1, -0.05) is 13.0 Å². The second-order valence-electron chi connectivity index (χ2n) is 5.97. The second-order valence-corrected chi connectivity index (χ2v) is 6.92. The van der Waals surface area contributed by atoms with Crippen LogP contribution < -0.4 is 5.32 Å². The summed E-state index contributed by atoms with van der Waals surface area (Å²) in [6.07, 6.45) is 6.49. The molecule has 1 aliphatic heterocycles. The van der Waals surface area contributed by atoms with Crippen LogP contribution in [0.15, 0.2) is 58.7 Å². The lowest BCUT2D eigenvalue weighted by atomic mass is 10.1. The fourth-order valence-electron chi connectivity index (χ4n) is 2.79. The number of nitrogens with one attached hydrogen (secondary N) is 1. The van der Waals surface area contributed by atoms with Crippen LogP contribution in [0.1, 0.15) is 20.3 Å². The maximum Gasteiger partial charge on any atom is 0.232 e. The lowest BCUT2D eigenvalue weighted by Gasteiger charge is -2.08. The minimum Gasteiger partial charge on any atom is -0.309 e. The molecular weight excluding hydrogens is 344 g/mol. The van der Waals surface area contributed by atoms with Gasteiger partial charge < -0.3 is 5.32 Å². The third-order valence-corrected chi connectivity index (χ3v) is 4.99. The minimum absolute atomic E-state index is 0.232. The molecule has 7 heteroatoms. The summed E-state index contributed by atoms with van der Waals surface area (Å²) in [5.41, 5.74) is 2.15. The number of aromatic nitrogens is 4. The van der Waals surface area contributed by atoms with Crippen molar-refractivity contribution in [2.24, 2.45) is 4.99 Å². The Morgan fingerprint density at radius 1 is 1.08 bits per heavy atom. The van der Waals surface area contributed by atoms with Crippen molar-refractivity contribution in [1.82, 2.24) is 19.9 Å². The Morgan fingerprint density at radius 3 is 2.58 bits per heavy atom. The summed E-state index contributed by atoms with van der Waals surface area (Å²) >= 11 is 1.60. The summed E-state index contributed by atoms with van der Waals surface area (Å²) in [7, 11) is 0. The number of pyridine rings is 1. The average molecular weight is 362 g/mol. The van der Waals surface area contributed by atoms with Gasteiger partial charge in [-0.15, -0.1) is 11.3 Å². The molecule has 0 bridgehead atoms. The molecule has 0 aliphatic carbocycles. The summed E-state index contributed by atoms with van der Waals surface area (Å²) in [4.78, 5) is 23.6. The molecule has 0 aromatic carbocycles. The van der Waals surface area contributed by atoms with Gasteiger partial charge >= 0.3 is 0 Å². The van der Waals surface area contributed by atoms with Crippen molar-refractivity contribution in [1.29, 1.82) is 0 Å². The molecule has 3 aromatic rings. The van der Waals surface area contributed by atoms with Gasteiger partial charge in [-0.2, -0.15) is 9.97 Å². The van der Waals surface area contributed by atoms with E-state index in [0.717, 1.165) is 22.7 Å². The molecular formula is C19H18N6S. The average Bonchev–Trinajstić information content (AvgIpc) is 3.32. The molecule has 0 radical (unpaired) electrons. The minimum atomic E-state index is 0.232. The van der Waals surface area contributed by atoms with E-state index in [2.05, 4.69) is 50.2 Å². The highest BCUT2D eigenvalue weighted by Gasteiger charge is 2.17. The van der Waals surface area contributed by atoms with Crippen molar-refractivity contribution in [3.8, 4) is 22.1 Å². The van der Waals surface area contributed by atoms with Crippen molar-refractivity contribution in [2.75, 3.05) is 5.32 Å². The molecule has 26 heavy (non-hydrogen) atoms. The summed E-state index contributed by atoms with van der Waals surface area (Å²) < 4.78 is 0. The van der Waals surface area contributed by atoms with E-state index in [1.54, 1.807) is 23.7 Å². The first-order valence-corrected chi connectivity index (χ1v) is 9.34. The first-order valence-electron chi connectivity index (χ1n) is 8.46. The SMILES string of the molecule is CCC1N=C(Nc2nc(-c3ccncc3)nc(-c3cccs3)n2)C=C1C. The monoisotopic (exact) mass is 362 g/mol. The summed E-state index contributed by atoms with van der Waals surface area (Å²) in [5.74, 6) is 2.54. The Labute approximate surface area is 155 Å². The molecule has 4 heterocycles. The number of aliphatic imine (C=N–C) groups is 1. The summed E-state index contributed by atoms with van der Waals surface area (Å²) in [5, 5.41) is 5.26. The zero-order chi connectivity index (χ0) is 17.9. The van der Waals surface area contributed by atoms with Crippen molar-refractivity contribution in [2.45, 2.75) is 26.3 Å². The smallest absolute Gasteiger partial charge is 0.232 e. The number of hydrogen-bond donors (Lipinski definition) is 1. The second kappa shape index (κ2) is 7.13. The highest BCUT2D eigenvalue weighted by atomic mass is 32.1. The highest BCUT2D eigenvalue weighted by Crippen LogP contribution is 2.25. The highest BCUT2D eigenvalue weighted by molar-refractivity contribution is 7.13. The predicted octanol–water partition coefficient (Wildman–Crippen LogP) is 4.21. The van der Waals surface area contributed by atoms with E-state index in [1.165, 1.54) is 5.57 Å². The van der Waals surface area contributed by atoms with E-state index >= 15 is 0 Å². The van der Waals surface area contributed by atoms with Crippen molar-refractivity contribution < 1.29 is 0 Å². The van der Waals surface area contributed by atoms with Crippen LogP contribution in [0.5, 0.6) is 0 Å². The topological polar surface area (TPSA) is 76.0 Å². The van der Waals surface area contributed by atoms with Crippen LogP contribution in [0.25, 0.3) is 22.1 Å². The van der Waals surface area contributed by atoms with Gasteiger partial charge in [0.05, 0.1) is 10.9 Å². The Hall–Kier alpha value is -2.93. The van der Waals surface area contributed by atoms with E-state index in [4.69, 9.17) is 0 Å². The standard InChI is InChI=1S/C19H18N6S/c1-3-14-12(2)11-16(21-14)22-19-24-17(13-6-8-20-9-7-13)23-18(25-19)15-5-4-10-26-15/h4-11,14H,3H2,1-2H3,(H,21,22,23,24,25). The molecule has 4 rings (SSSR count). The molecule has 6 nitrogen and oxygen atoms in total. The number of anilines is 1. The largest absolute Gasteiger partial charge is 0.309 e. The van der Waals surface area contributed by atoms with Gasteiger partial charge in [0, 0.05) is 18.0 Å². The molecule has 130 valence electrons. The lowest BCUT2D eigenvalue weighted by Crippen LogP contribution is -2.12. The van der Waals surface area contributed by atoms with Gasteiger partial charge in [0.2, 0.25) is 5.95 Å². The first kappa shape index (κ1) is 16.5. The molecule has 1 unspecified atom stereocenters. The zero-order valence-corrected chi connectivity index (χ0v) is 15.4. The van der Waals surface area contributed by atoms with Crippen molar-refractivity contribution in [3.05, 3.63) is 53.7 Å².